The summed E-state index contributed by atoms with van der Waals surface area (Å²) in [6.07, 6.45) is 0.555. The molecule has 0 saturated carbocycles. The van der Waals surface area contributed by atoms with Crippen molar-refractivity contribution in [1.82, 2.24) is 4.90 Å². The van der Waals surface area contributed by atoms with Crippen molar-refractivity contribution >= 4 is 23.6 Å². The standard InChI is InChI=1S/C20H17NO5/c1-13(22)12-26-20(25)15-7-8-16-17(11-15)19(24)21(18(16)23)10-9-14-5-3-2-4-6-14/h2-8,11H,9-10,12H2,1H3. The number of amides is 2. The minimum absolute atomic E-state index is 0.135. The molecule has 1 heterocycles. The van der Waals surface area contributed by atoms with Crippen LogP contribution in [0.15, 0.2) is 48.5 Å². The van der Waals surface area contributed by atoms with E-state index in [1.54, 1.807) is 0 Å². The average molecular weight is 351 g/mol. The van der Waals surface area contributed by atoms with Crippen LogP contribution >= 0.6 is 0 Å². The van der Waals surface area contributed by atoms with Crippen LogP contribution in [-0.2, 0) is 16.0 Å². The normalized spacial score (nSPS) is 12.9. The first kappa shape index (κ1) is 17.5. The summed E-state index contributed by atoms with van der Waals surface area (Å²) >= 11 is 0. The third-order valence-electron chi connectivity index (χ3n) is 4.08. The molecule has 0 aliphatic carbocycles. The first-order chi connectivity index (χ1) is 12.5. The number of fused-ring (bicyclic) bond motifs is 1. The van der Waals surface area contributed by atoms with Gasteiger partial charge in [0.2, 0.25) is 0 Å². The van der Waals surface area contributed by atoms with Gasteiger partial charge in [-0.05, 0) is 37.1 Å². The predicted molar refractivity (Wildman–Crippen MR) is 92.9 cm³/mol. The van der Waals surface area contributed by atoms with Crippen molar-refractivity contribution < 1.29 is 23.9 Å². The molecule has 2 aromatic rings. The van der Waals surface area contributed by atoms with Gasteiger partial charge >= 0.3 is 5.97 Å². The predicted octanol–water partition coefficient (Wildman–Crippen LogP) is 2.27. The van der Waals surface area contributed by atoms with E-state index in [0.717, 1.165) is 5.56 Å². The largest absolute Gasteiger partial charge is 0.454 e. The fourth-order valence-electron chi connectivity index (χ4n) is 2.76. The van der Waals surface area contributed by atoms with Gasteiger partial charge in [0.1, 0.15) is 6.61 Å². The number of ketones is 1. The highest BCUT2D eigenvalue weighted by Gasteiger charge is 2.35. The minimum Gasteiger partial charge on any atom is -0.454 e. The lowest BCUT2D eigenvalue weighted by Crippen LogP contribution is -2.31. The second kappa shape index (κ2) is 7.31. The lowest BCUT2D eigenvalue weighted by Gasteiger charge is -2.13. The molecule has 0 N–H and O–H groups in total. The Morgan fingerprint density at radius 2 is 1.65 bits per heavy atom. The topological polar surface area (TPSA) is 80.8 Å². The van der Waals surface area contributed by atoms with Gasteiger partial charge in [-0.1, -0.05) is 30.3 Å². The van der Waals surface area contributed by atoms with Gasteiger partial charge in [-0.2, -0.15) is 0 Å². The average Bonchev–Trinajstić information content (AvgIpc) is 2.89. The molecule has 0 spiro atoms. The number of nitrogens with zero attached hydrogens (tertiary/aromatic N) is 1. The third-order valence-corrected chi connectivity index (χ3v) is 4.08. The van der Waals surface area contributed by atoms with E-state index in [1.807, 2.05) is 30.3 Å². The molecule has 0 atom stereocenters. The molecule has 0 radical (unpaired) electrons. The van der Waals surface area contributed by atoms with E-state index >= 15 is 0 Å². The number of imide groups is 1. The van der Waals surface area contributed by atoms with Crippen LogP contribution in [0, 0.1) is 0 Å². The second-order valence-electron chi connectivity index (χ2n) is 6.04. The van der Waals surface area contributed by atoms with Gasteiger partial charge in [0.15, 0.2) is 5.78 Å². The van der Waals surface area contributed by atoms with E-state index in [1.165, 1.54) is 30.0 Å². The molecular weight excluding hydrogens is 334 g/mol. The Kier molecular flexibility index (Phi) is 4.93. The minimum atomic E-state index is -0.703. The Hall–Kier alpha value is -3.28. The lowest BCUT2D eigenvalue weighted by atomic mass is 10.1. The molecule has 6 heteroatoms. The summed E-state index contributed by atoms with van der Waals surface area (Å²) < 4.78 is 4.85. The number of rotatable bonds is 6. The molecular formula is C20H17NO5. The van der Waals surface area contributed by atoms with Gasteiger partial charge < -0.3 is 4.74 Å². The van der Waals surface area contributed by atoms with Crippen molar-refractivity contribution in [3.63, 3.8) is 0 Å². The molecule has 26 heavy (non-hydrogen) atoms. The number of benzene rings is 2. The number of hydrogen-bond acceptors (Lipinski definition) is 5. The fourth-order valence-corrected chi connectivity index (χ4v) is 2.76. The van der Waals surface area contributed by atoms with Crippen molar-refractivity contribution in [3.05, 3.63) is 70.8 Å². The Labute approximate surface area is 150 Å². The lowest BCUT2D eigenvalue weighted by molar-refractivity contribution is -0.120. The molecule has 0 aromatic heterocycles. The summed E-state index contributed by atoms with van der Waals surface area (Å²) in [7, 11) is 0. The SMILES string of the molecule is CC(=O)COC(=O)c1ccc2c(c1)C(=O)N(CCc1ccccc1)C2=O. The molecule has 1 aliphatic heterocycles. The van der Waals surface area contributed by atoms with Gasteiger partial charge in [0.05, 0.1) is 16.7 Å². The summed E-state index contributed by atoms with van der Waals surface area (Å²) in [5.41, 5.74) is 1.61. The highest BCUT2D eigenvalue weighted by molar-refractivity contribution is 6.22. The van der Waals surface area contributed by atoms with Crippen molar-refractivity contribution in [2.45, 2.75) is 13.3 Å². The Balaban J connectivity index is 1.75. The van der Waals surface area contributed by atoms with Crippen molar-refractivity contribution in [1.29, 1.82) is 0 Å². The summed E-state index contributed by atoms with van der Waals surface area (Å²) in [6, 6.07) is 13.8. The third kappa shape index (κ3) is 3.54. The first-order valence-corrected chi connectivity index (χ1v) is 8.18. The Bertz CT molecular complexity index is 888. The number of carbonyl (C=O) groups excluding carboxylic acids is 4. The Morgan fingerprint density at radius 3 is 2.35 bits per heavy atom. The highest BCUT2D eigenvalue weighted by Crippen LogP contribution is 2.24. The first-order valence-electron chi connectivity index (χ1n) is 8.18. The van der Waals surface area contributed by atoms with Crippen LogP contribution in [0.2, 0.25) is 0 Å². The Morgan fingerprint density at radius 1 is 0.962 bits per heavy atom. The van der Waals surface area contributed by atoms with Crippen molar-refractivity contribution in [2.75, 3.05) is 13.2 Å². The maximum atomic E-state index is 12.6. The van der Waals surface area contributed by atoms with Crippen LogP contribution in [0.4, 0.5) is 0 Å². The number of carbonyl (C=O) groups is 4. The zero-order valence-corrected chi connectivity index (χ0v) is 14.2. The molecule has 132 valence electrons. The number of esters is 1. The van der Waals surface area contributed by atoms with E-state index in [2.05, 4.69) is 0 Å². The van der Waals surface area contributed by atoms with Crippen LogP contribution in [-0.4, -0.2) is 41.6 Å². The van der Waals surface area contributed by atoms with E-state index in [0.29, 0.717) is 6.42 Å². The zero-order chi connectivity index (χ0) is 18.7. The van der Waals surface area contributed by atoms with Crippen LogP contribution in [0.3, 0.4) is 0 Å². The van der Waals surface area contributed by atoms with E-state index in [4.69, 9.17) is 4.74 Å². The summed E-state index contributed by atoms with van der Waals surface area (Å²) in [4.78, 5) is 49.1. The number of Topliss-reactive ketones (excluding diaryl/α,β-unsaturated/α-hetero) is 1. The molecule has 3 rings (SSSR count). The maximum absolute atomic E-state index is 12.6. The molecule has 2 aromatic carbocycles. The molecule has 1 aliphatic rings. The van der Waals surface area contributed by atoms with E-state index < -0.39 is 11.9 Å². The summed E-state index contributed by atoms with van der Waals surface area (Å²) in [5, 5.41) is 0. The molecule has 0 fully saturated rings. The molecule has 2 amide bonds. The van der Waals surface area contributed by atoms with Crippen molar-refractivity contribution in [3.8, 4) is 0 Å². The molecule has 0 bridgehead atoms. The highest BCUT2D eigenvalue weighted by atomic mass is 16.5. The van der Waals surface area contributed by atoms with Gasteiger partial charge in [0.25, 0.3) is 11.8 Å². The van der Waals surface area contributed by atoms with Gasteiger partial charge in [-0.15, -0.1) is 0 Å². The van der Waals surface area contributed by atoms with Gasteiger partial charge in [-0.3, -0.25) is 19.3 Å². The molecule has 0 unspecified atom stereocenters. The summed E-state index contributed by atoms with van der Waals surface area (Å²) in [6.45, 7) is 1.25. The zero-order valence-electron chi connectivity index (χ0n) is 14.2. The summed E-state index contributed by atoms with van der Waals surface area (Å²) in [5.74, 6) is -1.78. The van der Waals surface area contributed by atoms with Crippen molar-refractivity contribution in [2.24, 2.45) is 0 Å². The number of ether oxygens (including phenoxy) is 1. The van der Waals surface area contributed by atoms with Gasteiger partial charge in [-0.25, -0.2) is 4.79 Å². The van der Waals surface area contributed by atoms with Crippen LogP contribution in [0.25, 0.3) is 0 Å². The quantitative estimate of drug-likeness (QED) is 0.589. The van der Waals surface area contributed by atoms with Crippen LogP contribution < -0.4 is 0 Å². The maximum Gasteiger partial charge on any atom is 0.338 e. The monoisotopic (exact) mass is 351 g/mol. The van der Waals surface area contributed by atoms with Gasteiger partial charge in [0, 0.05) is 6.54 Å². The van der Waals surface area contributed by atoms with Crippen LogP contribution in [0.1, 0.15) is 43.6 Å². The van der Waals surface area contributed by atoms with E-state index in [9.17, 15) is 19.2 Å². The molecule has 6 nitrogen and oxygen atoms in total. The molecule has 0 saturated heterocycles. The number of hydrogen-bond donors (Lipinski definition) is 0. The smallest absolute Gasteiger partial charge is 0.338 e. The van der Waals surface area contributed by atoms with E-state index in [-0.39, 0.29) is 41.5 Å². The fraction of sp³-hybridized carbons (Fsp3) is 0.200. The second-order valence-corrected chi connectivity index (χ2v) is 6.04. The van der Waals surface area contributed by atoms with Crippen LogP contribution in [0.5, 0.6) is 0 Å².